The van der Waals surface area contributed by atoms with Gasteiger partial charge in [0.05, 0.1) is 18.6 Å². The Labute approximate surface area is 202 Å². The van der Waals surface area contributed by atoms with Gasteiger partial charge in [-0.05, 0) is 66.9 Å². The molecule has 0 aromatic heterocycles. The molecule has 174 valence electrons. The van der Waals surface area contributed by atoms with E-state index in [0.29, 0.717) is 22.7 Å². The molecule has 0 aliphatic carbocycles. The topological polar surface area (TPSA) is 84.9 Å². The monoisotopic (exact) mass is 476 g/mol. The van der Waals surface area contributed by atoms with Gasteiger partial charge in [0, 0.05) is 29.2 Å². The molecule has 1 N–H and O–H groups in total. The summed E-state index contributed by atoms with van der Waals surface area (Å²) in [6.45, 7) is 0.281. The Hall–Kier alpha value is -3.78. The number of benzene rings is 3. The third-order valence-corrected chi connectivity index (χ3v) is 6.27. The molecule has 1 aliphatic heterocycles. The number of nitrogens with one attached hydrogen (secondary N) is 1. The minimum absolute atomic E-state index is 0.103. The number of para-hydroxylation sites is 1. The second-order valence-corrected chi connectivity index (χ2v) is 8.58. The largest absolute Gasteiger partial charge is 0.496 e. The van der Waals surface area contributed by atoms with Crippen molar-refractivity contribution in [2.45, 2.75) is 11.3 Å². The molecule has 0 saturated carbocycles. The molecule has 1 unspecified atom stereocenters. The van der Waals surface area contributed by atoms with E-state index in [0.717, 1.165) is 10.6 Å². The number of carbonyl (C=O) groups is 3. The van der Waals surface area contributed by atoms with E-state index >= 15 is 0 Å². The lowest BCUT2D eigenvalue weighted by Gasteiger charge is -2.17. The van der Waals surface area contributed by atoms with Gasteiger partial charge in [-0.2, -0.15) is 0 Å². The maximum atomic E-state index is 12.7. The van der Waals surface area contributed by atoms with Gasteiger partial charge in [-0.25, -0.2) is 0 Å². The first-order valence-electron chi connectivity index (χ1n) is 10.7. The normalized spacial score (nSPS) is 15.2. The van der Waals surface area contributed by atoms with Gasteiger partial charge in [0.1, 0.15) is 11.5 Å². The van der Waals surface area contributed by atoms with Gasteiger partial charge in [0.25, 0.3) is 5.91 Å². The molecule has 7 nitrogen and oxygen atoms in total. The zero-order valence-corrected chi connectivity index (χ0v) is 19.6. The average molecular weight is 477 g/mol. The molecular weight excluding hydrogens is 452 g/mol. The van der Waals surface area contributed by atoms with Crippen LogP contribution in [0.3, 0.4) is 0 Å². The first-order chi connectivity index (χ1) is 16.5. The van der Waals surface area contributed by atoms with Crippen LogP contribution in [0.15, 0.2) is 77.7 Å². The number of carbonyl (C=O) groups excluding carboxylic acids is 3. The fourth-order valence-electron chi connectivity index (χ4n) is 3.71. The molecular formula is C26H24N2O5S. The number of hydrogen-bond acceptors (Lipinski definition) is 6. The summed E-state index contributed by atoms with van der Waals surface area (Å²) in [6.07, 6.45) is 2.10. The summed E-state index contributed by atoms with van der Waals surface area (Å²) >= 11 is 1.63. The summed E-state index contributed by atoms with van der Waals surface area (Å²) in [5.41, 5.74) is 1.74. The molecule has 1 saturated heterocycles. The fraction of sp³-hybridized carbons (Fsp3) is 0.192. The molecule has 1 fully saturated rings. The molecule has 0 spiro atoms. The highest BCUT2D eigenvalue weighted by atomic mass is 32.2. The SMILES string of the molecule is COc1ccccc1C(=O)Nc1ccc(OC(=O)C2CC(=O)N(c3ccc(SC)cc3)C2)cc1. The number of ether oxygens (including phenoxy) is 2. The van der Waals surface area contributed by atoms with Crippen molar-refractivity contribution in [3.05, 3.63) is 78.4 Å². The zero-order valence-electron chi connectivity index (χ0n) is 18.8. The van der Waals surface area contributed by atoms with Crippen LogP contribution in [0.1, 0.15) is 16.8 Å². The molecule has 0 radical (unpaired) electrons. The lowest BCUT2D eigenvalue weighted by molar-refractivity contribution is -0.139. The van der Waals surface area contributed by atoms with Crippen LogP contribution in [0.4, 0.5) is 11.4 Å². The van der Waals surface area contributed by atoms with Crippen LogP contribution < -0.4 is 19.7 Å². The van der Waals surface area contributed by atoms with Crippen molar-refractivity contribution in [1.29, 1.82) is 0 Å². The van der Waals surface area contributed by atoms with Crippen LogP contribution in [0.2, 0.25) is 0 Å². The van der Waals surface area contributed by atoms with Crippen molar-refractivity contribution >= 4 is 40.9 Å². The number of anilines is 2. The average Bonchev–Trinajstić information content (AvgIpc) is 3.27. The highest BCUT2D eigenvalue weighted by Crippen LogP contribution is 2.28. The van der Waals surface area contributed by atoms with E-state index in [2.05, 4.69) is 5.32 Å². The number of esters is 1. The summed E-state index contributed by atoms with van der Waals surface area (Å²) in [5.74, 6) is -0.591. The first kappa shape index (κ1) is 23.4. The van der Waals surface area contributed by atoms with Crippen molar-refractivity contribution in [1.82, 2.24) is 0 Å². The van der Waals surface area contributed by atoms with E-state index in [1.807, 2.05) is 30.5 Å². The van der Waals surface area contributed by atoms with Crippen LogP contribution in [-0.4, -0.2) is 37.7 Å². The lowest BCUT2D eigenvalue weighted by Crippen LogP contribution is -2.27. The molecule has 1 atom stereocenters. The minimum Gasteiger partial charge on any atom is -0.496 e. The Morgan fingerprint density at radius 3 is 2.38 bits per heavy atom. The van der Waals surface area contributed by atoms with E-state index in [-0.39, 0.29) is 24.8 Å². The molecule has 0 bridgehead atoms. The molecule has 8 heteroatoms. The van der Waals surface area contributed by atoms with Crippen LogP contribution in [0, 0.1) is 5.92 Å². The Bertz CT molecular complexity index is 1190. The number of amides is 2. The number of rotatable bonds is 7. The van der Waals surface area contributed by atoms with Gasteiger partial charge < -0.3 is 19.7 Å². The van der Waals surface area contributed by atoms with Crippen LogP contribution in [0.25, 0.3) is 0 Å². The Balaban J connectivity index is 1.35. The highest BCUT2D eigenvalue weighted by molar-refractivity contribution is 7.98. The first-order valence-corrected chi connectivity index (χ1v) is 11.9. The van der Waals surface area contributed by atoms with Crippen LogP contribution in [0.5, 0.6) is 11.5 Å². The number of nitrogens with zero attached hydrogens (tertiary/aromatic N) is 1. The Kier molecular flexibility index (Phi) is 7.18. The molecule has 2 amide bonds. The number of methoxy groups -OCH3 is 1. The maximum absolute atomic E-state index is 12.7. The van der Waals surface area contributed by atoms with Crippen LogP contribution >= 0.6 is 11.8 Å². The summed E-state index contributed by atoms with van der Waals surface area (Å²) in [7, 11) is 1.51. The zero-order chi connectivity index (χ0) is 24.1. The van der Waals surface area contributed by atoms with Gasteiger partial charge in [0.15, 0.2) is 0 Å². The van der Waals surface area contributed by atoms with Crippen molar-refractivity contribution < 1.29 is 23.9 Å². The van der Waals surface area contributed by atoms with Crippen LogP contribution in [-0.2, 0) is 9.59 Å². The fourth-order valence-corrected chi connectivity index (χ4v) is 4.12. The number of hydrogen-bond donors (Lipinski definition) is 1. The summed E-state index contributed by atoms with van der Waals surface area (Å²) in [4.78, 5) is 40.4. The van der Waals surface area contributed by atoms with E-state index in [4.69, 9.17) is 9.47 Å². The van der Waals surface area contributed by atoms with E-state index < -0.39 is 11.9 Å². The van der Waals surface area contributed by atoms with Gasteiger partial charge >= 0.3 is 5.97 Å². The summed E-state index contributed by atoms with van der Waals surface area (Å²) < 4.78 is 10.7. The van der Waals surface area contributed by atoms with E-state index in [9.17, 15) is 14.4 Å². The second-order valence-electron chi connectivity index (χ2n) is 7.70. The van der Waals surface area contributed by atoms with Gasteiger partial charge in [-0.1, -0.05) is 12.1 Å². The molecule has 3 aromatic carbocycles. The summed E-state index contributed by atoms with van der Waals surface area (Å²) in [5, 5.41) is 2.79. The minimum atomic E-state index is -0.544. The lowest BCUT2D eigenvalue weighted by atomic mass is 10.1. The Morgan fingerprint density at radius 2 is 1.71 bits per heavy atom. The Morgan fingerprint density at radius 1 is 1.00 bits per heavy atom. The third-order valence-electron chi connectivity index (χ3n) is 5.52. The molecule has 3 aromatic rings. The summed E-state index contributed by atoms with van der Waals surface area (Å²) in [6, 6.07) is 21.1. The standard InChI is InChI=1S/C26H24N2O5S/c1-32-23-6-4-3-5-22(23)25(30)27-18-7-11-20(12-8-18)33-26(31)17-15-24(29)28(16-17)19-9-13-21(34-2)14-10-19/h3-14,17H,15-16H2,1-2H3,(H,27,30). The van der Waals surface area contributed by atoms with Gasteiger partial charge in [-0.15, -0.1) is 11.8 Å². The highest BCUT2D eigenvalue weighted by Gasteiger charge is 2.36. The number of thioether (sulfide) groups is 1. The van der Waals surface area contributed by atoms with E-state index in [1.54, 1.807) is 65.2 Å². The van der Waals surface area contributed by atoms with Crippen molar-refractivity contribution in [3.8, 4) is 11.5 Å². The quantitative estimate of drug-likeness (QED) is 0.304. The van der Waals surface area contributed by atoms with Gasteiger partial charge in [0.2, 0.25) is 5.91 Å². The second kappa shape index (κ2) is 10.4. The third kappa shape index (κ3) is 5.23. The predicted molar refractivity (Wildman–Crippen MR) is 132 cm³/mol. The van der Waals surface area contributed by atoms with Crippen molar-refractivity contribution in [3.63, 3.8) is 0 Å². The molecule has 1 aliphatic rings. The predicted octanol–water partition coefficient (Wildman–Crippen LogP) is 4.63. The molecule has 4 rings (SSSR count). The van der Waals surface area contributed by atoms with Crippen molar-refractivity contribution in [2.24, 2.45) is 5.92 Å². The maximum Gasteiger partial charge on any atom is 0.316 e. The molecule has 34 heavy (non-hydrogen) atoms. The molecule has 1 heterocycles. The smallest absolute Gasteiger partial charge is 0.316 e. The van der Waals surface area contributed by atoms with Gasteiger partial charge in [-0.3, -0.25) is 14.4 Å². The van der Waals surface area contributed by atoms with E-state index in [1.165, 1.54) is 7.11 Å². The van der Waals surface area contributed by atoms with Crippen molar-refractivity contribution in [2.75, 3.05) is 30.1 Å².